The maximum Gasteiger partial charge on any atom is 0.174 e. The van der Waals surface area contributed by atoms with Gasteiger partial charge < -0.3 is 50.3 Å². The molecule has 58 heavy (non-hydrogen) atoms. The Morgan fingerprint density at radius 2 is 0.983 bits per heavy atom. The van der Waals surface area contributed by atoms with Crippen LogP contribution in [-0.2, 0) is 19.1 Å². The summed E-state index contributed by atoms with van der Waals surface area (Å²) in [5, 5.41) is 90.7. The van der Waals surface area contributed by atoms with Crippen LogP contribution in [0.2, 0.25) is 0 Å². The Balaban J connectivity index is 0.000000214. The predicted octanol–water partition coefficient (Wildman–Crippen LogP) is 2.39. The van der Waals surface area contributed by atoms with Crippen molar-refractivity contribution in [3.63, 3.8) is 0 Å². The van der Waals surface area contributed by atoms with Crippen LogP contribution in [0.3, 0.4) is 0 Å². The minimum absolute atomic E-state index is 0. The summed E-state index contributed by atoms with van der Waals surface area (Å²) in [5.74, 6) is -3.11. The average Bonchev–Trinajstić information content (AvgIpc) is 3.10. The molecule has 0 aromatic carbocycles. The number of carbonyl (C=O) groups is 2. The molecule has 2 aliphatic heterocycles. The quantitative estimate of drug-likeness (QED) is 0.164. The maximum absolute atomic E-state index is 14.0. The Morgan fingerprint density at radius 1 is 0.586 bits per heavy atom. The van der Waals surface area contributed by atoms with Gasteiger partial charge in [0.2, 0.25) is 0 Å². The summed E-state index contributed by atoms with van der Waals surface area (Å²) in [4.78, 5) is 27.6. The first-order valence-corrected chi connectivity index (χ1v) is 20.8. The van der Waals surface area contributed by atoms with E-state index in [0.717, 1.165) is 11.1 Å². The molecule has 8 aliphatic rings. The van der Waals surface area contributed by atoms with Crippen LogP contribution in [0.15, 0.2) is 22.3 Å². The van der Waals surface area contributed by atoms with E-state index in [-0.39, 0.29) is 144 Å². The number of Topliss-reactive ketones (excluding diaryl/α,β-unsaturated/α-hetero) is 2. The number of ketones is 2. The first-order chi connectivity index (χ1) is 25.5. The number of aliphatic hydroxyl groups is 8. The third kappa shape index (κ3) is 6.05. The summed E-state index contributed by atoms with van der Waals surface area (Å²) in [6.45, 7) is 22.6. The predicted molar refractivity (Wildman–Crippen MR) is 205 cm³/mol. The van der Waals surface area contributed by atoms with E-state index in [0.29, 0.717) is 17.6 Å². The zero-order valence-corrected chi connectivity index (χ0v) is 46.0. The van der Waals surface area contributed by atoms with Crippen molar-refractivity contribution in [3.8, 4) is 0 Å². The van der Waals surface area contributed by atoms with Crippen molar-refractivity contribution >= 4 is 11.6 Å². The Labute approximate surface area is 415 Å². The van der Waals surface area contributed by atoms with Gasteiger partial charge in [0.25, 0.3) is 0 Å². The zero-order valence-electron chi connectivity index (χ0n) is 36.5. The van der Waals surface area contributed by atoms with Crippen LogP contribution in [0.5, 0.6) is 0 Å². The van der Waals surface area contributed by atoms with Crippen molar-refractivity contribution < 1.29 is 148 Å². The molecule has 10 unspecified atom stereocenters. The number of ether oxygens (including phenoxy) is 2. The normalized spacial score (nSPS) is 53.7. The second kappa shape index (κ2) is 15.5. The van der Waals surface area contributed by atoms with Crippen LogP contribution in [0.25, 0.3) is 0 Å². The van der Waals surface area contributed by atoms with Crippen molar-refractivity contribution in [2.45, 2.75) is 168 Å². The topological polar surface area (TPSA) is 214 Å². The van der Waals surface area contributed by atoms with Gasteiger partial charge in [0.05, 0.1) is 60.4 Å². The molecule has 0 amide bonds. The van der Waals surface area contributed by atoms with Crippen LogP contribution in [0.1, 0.15) is 109 Å². The van der Waals surface area contributed by atoms with Crippen LogP contribution in [0, 0.1) is 145 Å². The van der Waals surface area contributed by atoms with E-state index in [9.17, 15) is 50.4 Å². The van der Waals surface area contributed by atoms with E-state index >= 15 is 0 Å². The average molecular weight is 1240 g/mol. The number of aliphatic hydroxyl groups excluding tert-OH is 4. The molecule has 8 N–H and O–H groups in total. The summed E-state index contributed by atoms with van der Waals surface area (Å²) in [6.07, 6.45) is -4.39. The van der Waals surface area contributed by atoms with Gasteiger partial charge in [-0.2, -0.15) is 0 Å². The summed E-state index contributed by atoms with van der Waals surface area (Å²) in [5.41, 5.74) is -6.62. The second-order valence-corrected chi connectivity index (χ2v) is 21.2. The van der Waals surface area contributed by atoms with Crippen LogP contribution in [-0.4, -0.2) is 125 Å². The molecular weight excluding hydrogens is 1170 g/mol. The first-order valence-electron chi connectivity index (χ1n) is 20.8. The molecule has 12 nitrogen and oxygen atoms in total. The maximum atomic E-state index is 14.0. The van der Waals surface area contributed by atoms with Gasteiger partial charge in [-0.1, -0.05) is 62.3 Å². The van der Waals surface area contributed by atoms with Gasteiger partial charge in [0, 0.05) is 141 Å². The van der Waals surface area contributed by atoms with Crippen molar-refractivity contribution in [2.75, 3.05) is 13.2 Å². The third-order valence-electron chi connectivity index (χ3n) is 18.5. The molecule has 322 valence electrons. The van der Waals surface area contributed by atoms with Crippen molar-refractivity contribution in [1.82, 2.24) is 0 Å². The molecule has 2 radical (unpaired) electrons. The van der Waals surface area contributed by atoms with Gasteiger partial charge in [-0.05, 0) is 67.2 Å². The van der Waals surface area contributed by atoms with Gasteiger partial charge in [-0.15, -0.1) is 0 Å². The van der Waals surface area contributed by atoms with E-state index in [2.05, 4.69) is 6.92 Å². The number of fused-ring (bicyclic) bond motifs is 10. The molecule has 4 saturated carbocycles. The van der Waals surface area contributed by atoms with Crippen molar-refractivity contribution in [3.05, 3.63) is 22.3 Å². The monoisotopic (exact) mass is 1240 g/mol. The third-order valence-corrected chi connectivity index (χ3v) is 18.5. The van der Waals surface area contributed by atoms with E-state index in [1.807, 2.05) is 41.5 Å². The van der Waals surface area contributed by atoms with Gasteiger partial charge in [-0.3, -0.25) is 9.59 Å². The zero-order chi connectivity index (χ0) is 42.0. The van der Waals surface area contributed by atoms with Gasteiger partial charge >= 0.3 is 0 Å². The summed E-state index contributed by atoms with van der Waals surface area (Å²) < 4.78 is 11.2. The Morgan fingerprint density at radius 3 is 1.41 bits per heavy atom. The fraction of sp³-hybridized carbons (Fsp3) is 0.864. The molecular formula is C44H68Ac2O12. The molecule has 2 saturated heterocycles. The van der Waals surface area contributed by atoms with Crippen LogP contribution in [0.4, 0.5) is 0 Å². The molecule has 14 heteroatoms. The molecule has 0 aromatic heterocycles. The van der Waals surface area contributed by atoms with Crippen LogP contribution < -0.4 is 0 Å². The smallest absolute Gasteiger partial charge is 0.174 e. The minimum Gasteiger partial charge on any atom is -0.392 e. The molecule has 6 fully saturated rings. The standard InChI is InChI=1S/C23H36O5.C21H32O7.2Ac/c1-11-8-16-22(26,10-28-16)18-14(4)23(27)9-15(24)12(2)17(20(23,5)6)13(3)19(25)21(11,18)7;1-9-11(22)7-21(27)10(2)16-19(5,12(23)6-13-20(16,26)8-28-13)17(25)15(24)14(9)18(21,3)4;;/h11,13-16,18,24,26-27H,8-10H2,1-7H3;10-13,15-16,22-24,26-27H,6-8H2,1-5H3;;/t11-,13+,14-,15?,16?,18?,21+,22-,23?;10-,11?,12?,13?,15?,16?,19+,20-,21?;;/m00../s1. The van der Waals surface area contributed by atoms with E-state index < -0.39 is 104 Å². The van der Waals surface area contributed by atoms with Crippen molar-refractivity contribution in [1.29, 1.82) is 0 Å². The molecule has 6 aliphatic carbocycles. The van der Waals surface area contributed by atoms with Gasteiger partial charge in [0.15, 0.2) is 5.78 Å². The van der Waals surface area contributed by atoms with Gasteiger partial charge in [-0.25, -0.2) is 0 Å². The van der Waals surface area contributed by atoms with E-state index in [1.165, 1.54) is 0 Å². The summed E-state index contributed by atoms with van der Waals surface area (Å²) >= 11 is 0. The van der Waals surface area contributed by atoms with Crippen LogP contribution >= 0.6 is 0 Å². The minimum atomic E-state index is -1.58. The largest absolute Gasteiger partial charge is 0.392 e. The number of carbonyl (C=O) groups excluding carboxylic acids is 2. The molecule has 0 spiro atoms. The fourth-order valence-electron chi connectivity index (χ4n) is 14.8. The second-order valence-electron chi connectivity index (χ2n) is 21.2. The summed E-state index contributed by atoms with van der Waals surface area (Å²) in [7, 11) is 0. The molecule has 18 atom stereocenters. The Kier molecular flexibility index (Phi) is 13.4. The molecule has 8 rings (SSSR count). The number of hydrogen-bond acceptors (Lipinski definition) is 12. The molecule has 4 bridgehead atoms. The SMILES string of the molecule is CC1=C2C(O)C(=O)[C@]3(C)C(O)CC4OC[C@@]4(O)C3[C@H](C)C(O)(CC1O)C2(C)C.CC1=C2[C@@H](C)C(=O)[C@@]3(C)C([C@H](C)C(O)(CC1O)C2(C)C)[C@]1(O)COC1C[C@@H]3C.[Ac].[Ac]. The number of hydrogen-bond donors (Lipinski definition) is 8. The fourth-order valence-corrected chi connectivity index (χ4v) is 14.8. The first kappa shape index (κ1) is 50.3. The summed E-state index contributed by atoms with van der Waals surface area (Å²) in [6, 6.07) is 0. The number of rotatable bonds is 0. The molecule has 0 aromatic rings. The molecule has 2 heterocycles. The van der Waals surface area contributed by atoms with Gasteiger partial charge in [0.1, 0.15) is 23.1 Å². The van der Waals surface area contributed by atoms with E-state index in [4.69, 9.17) is 9.47 Å². The van der Waals surface area contributed by atoms with E-state index in [1.54, 1.807) is 34.6 Å². The Bertz CT molecular complexity index is 1650. The van der Waals surface area contributed by atoms with Crippen molar-refractivity contribution in [2.24, 2.45) is 57.2 Å². The Hall–Kier alpha value is 1.30.